The molecule has 1 aliphatic rings. The Kier molecular flexibility index (Phi) is 4.50. The second kappa shape index (κ2) is 5.52. The van der Waals surface area contributed by atoms with Gasteiger partial charge < -0.3 is 10.1 Å². The molecule has 1 heterocycles. The summed E-state index contributed by atoms with van der Waals surface area (Å²) in [6.45, 7) is 3.30. The Hall–Kier alpha value is -0.120. The van der Waals surface area contributed by atoms with Crippen molar-refractivity contribution in [2.75, 3.05) is 32.9 Å². The molecule has 0 spiro atoms. The lowest BCUT2D eigenvalue weighted by Gasteiger charge is -2.21. The number of hydrogen-bond donors (Lipinski definition) is 1. The molecule has 3 nitrogen and oxygen atoms in total. The third-order valence-electron chi connectivity index (χ3n) is 1.97. The van der Waals surface area contributed by atoms with Gasteiger partial charge in [-0.2, -0.15) is 0 Å². The largest absolute Gasteiger partial charge is 0.381 e. The summed E-state index contributed by atoms with van der Waals surface area (Å²) < 4.78 is 5.29. The van der Waals surface area contributed by atoms with E-state index >= 15 is 0 Å². The van der Waals surface area contributed by atoms with Crippen LogP contribution in [0.3, 0.4) is 0 Å². The third kappa shape index (κ3) is 3.70. The minimum atomic E-state index is -0.0203. The van der Waals surface area contributed by atoms with Crippen LogP contribution in [0.1, 0.15) is 12.8 Å². The van der Waals surface area contributed by atoms with Crippen LogP contribution in [0.5, 0.6) is 0 Å². The second-order valence-electron chi connectivity index (χ2n) is 2.99. The van der Waals surface area contributed by atoms with Crippen molar-refractivity contribution in [2.45, 2.75) is 12.8 Å². The highest BCUT2D eigenvalue weighted by Gasteiger charge is 2.12. The quantitative estimate of drug-likeness (QED) is 0.603. The Bertz CT molecular complexity index is 92.1. The highest BCUT2D eigenvalue weighted by atomic mass is 16.5. The molecular formula is C8H16NO2. The molecule has 0 amide bonds. The highest BCUT2D eigenvalue weighted by Crippen LogP contribution is 2.11. The maximum absolute atomic E-state index is 10.1. The van der Waals surface area contributed by atoms with E-state index in [1.54, 1.807) is 0 Å². The van der Waals surface area contributed by atoms with Gasteiger partial charge in [-0.25, -0.2) is 5.11 Å². The zero-order valence-electron chi connectivity index (χ0n) is 6.84. The normalized spacial score (nSPS) is 25.4. The van der Waals surface area contributed by atoms with Crippen molar-refractivity contribution in [1.29, 1.82) is 0 Å². The lowest BCUT2D eigenvalue weighted by molar-refractivity contribution is 0.0540. The van der Waals surface area contributed by atoms with Crippen LogP contribution in [0.25, 0.3) is 0 Å². The van der Waals surface area contributed by atoms with Gasteiger partial charge in [0.2, 0.25) is 0 Å². The van der Waals surface area contributed by atoms with Crippen molar-refractivity contribution in [3.63, 3.8) is 0 Å². The van der Waals surface area contributed by atoms with Crippen molar-refractivity contribution in [3.8, 4) is 0 Å². The fourth-order valence-corrected chi connectivity index (χ4v) is 1.35. The Labute approximate surface area is 67.7 Å². The molecule has 0 saturated carbocycles. The fraction of sp³-hybridized carbons (Fsp3) is 1.00. The summed E-state index contributed by atoms with van der Waals surface area (Å²) >= 11 is 0. The zero-order valence-corrected chi connectivity index (χ0v) is 6.84. The van der Waals surface area contributed by atoms with Gasteiger partial charge >= 0.3 is 0 Å². The molecule has 0 aliphatic carbocycles. The standard InChI is InChI=1S/C8H16NO2/c10-4-3-9-6-8-2-1-5-11-7-8/h8-9H,1-7H2. The van der Waals surface area contributed by atoms with Crippen LogP contribution in [-0.4, -0.2) is 32.9 Å². The van der Waals surface area contributed by atoms with Gasteiger partial charge in [0.1, 0.15) is 0 Å². The summed E-state index contributed by atoms with van der Waals surface area (Å²) in [5.41, 5.74) is 0. The van der Waals surface area contributed by atoms with Crippen LogP contribution >= 0.6 is 0 Å². The Morgan fingerprint density at radius 1 is 1.55 bits per heavy atom. The Morgan fingerprint density at radius 3 is 3.09 bits per heavy atom. The van der Waals surface area contributed by atoms with Gasteiger partial charge in [0, 0.05) is 19.7 Å². The molecule has 1 N–H and O–H groups in total. The van der Waals surface area contributed by atoms with Crippen LogP contribution in [0.4, 0.5) is 0 Å². The highest BCUT2D eigenvalue weighted by molar-refractivity contribution is 4.65. The molecule has 11 heavy (non-hydrogen) atoms. The van der Waals surface area contributed by atoms with Gasteiger partial charge in [-0.1, -0.05) is 0 Å². The summed E-state index contributed by atoms with van der Waals surface area (Å²) in [5, 5.41) is 13.2. The lowest BCUT2D eigenvalue weighted by atomic mass is 10.0. The summed E-state index contributed by atoms with van der Waals surface area (Å²) in [6.07, 6.45) is 2.41. The molecule has 3 heteroatoms. The maximum Gasteiger partial charge on any atom is 0.0946 e. The van der Waals surface area contributed by atoms with Crippen molar-refractivity contribution in [3.05, 3.63) is 0 Å². The smallest absolute Gasteiger partial charge is 0.0946 e. The van der Waals surface area contributed by atoms with E-state index in [0.717, 1.165) is 19.8 Å². The van der Waals surface area contributed by atoms with E-state index in [1.807, 2.05) is 0 Å². The monoisotopic (exact) mass is 158 g/mol. The third-order valence-corrected chi connectivity index (χ3v) is 1.97. The summed E-state index contributed by atoms with van der Waals surface area (Å²) in [6, 6.07) is 0. The minimum absolute atomic E-state index is 0.0203. The summed E-state index contributed by atoms with van der Waals surface area (Å²) in [4.78, 5) is 0. The van der Waals surface area contributed by atoms with E-state index in [-0.39, 0.29) is 6.61 Å². The number of hydrogen-bond acceptors (Lipinski definition) is 2. The van der Waals surface area contributed by atoms with E-state index in [9.17, 15) is 5.11 Å². The molecule has 0 aromatic heterocycles. The van der Waals surface area contributed by atoms with Gasteiger partial charge in [0.05, 0.1) is 13.2 Å². The van der Waals surface area contributed by atoms with Crippen LogP contribution in [0, 0.1) is 5.92 Å². The van der Waals surface area contributed by atoms with E-state index in [4.69, 9.17) is 4.74 Å². The molecule has 0 aromatic rings. The molecular weight excluding hydrogens is 142 g/mol. The number of nitrogens with one attached hydrogen (secondary N) is 1. The van der Waals surface area contributed by atoms with Crippen molar-refractivity contribution in [1.82, 2.24) is 5.32 Å². The predicted molar refractivity (Wildman–Crippen MR) is 42.0 cm³/mol. The van der Waals surface area contributed by atoms with E-state index in [0.29, 0.717) is 12.5 Å². The maximum atomic E-state index is 10.1. The van der Waals surface area contributed by atoms with E-state index in [1.165, 1.54) is 12.8 Å². The first-order chi connectivity index (χ1) is 5.43. The van der Waals surface area contributed by atoms with Gasteiger partial charge in [0.15, 0.2) is 0 Å². The molecule has 1 radical (unpaired) electrons. The lowest BCUT2D eigenvalue weighted by Crippen LogP contribution is -2.30. The topological polar surface area (TPSA) is 41.2 Å². The first-order valence-electron chi connectivity index (χ1n) is 4.30. The molecule has 0 bridgehead atoms. The Balaban J connectivity index is 1.96. The SMILES string of the molecule is [O]CCNCC1CCCOC1. The number of rotatable bonds is 4. The molecule has 1 rings (SSSR count). The van der Waals surface area contributed by atoms with Crippen LogP contribution < -0.4 is 5.32 Å². The van der Waals surface area contributed by atoms with Gasteiger partial charge in [0.25, 0.3) is 0 Å². The predicted octanol–water partition coefficient (Wildman–Crippen LogP) is 0.433. The van der Waals surface area contributed by atoms with Crippen LogP contribution in [-0.2, 0) is 9.84 Å². The molecule has 1 aliphatic heterocycles. The van der Waals surface area contributed by atoms with Gasteiger partial charge in [-0.3, -0.25) is 0 Å². The zero-order chi connectivity index (χ0) is 7.94. The fourth-order valence-electron chi connectivity index (χ4n) is 1.35. The second-order valence-corrected chi connectivity index (χ2v) is 2.99. The van der Waals surface area contributed by atoms with E-state index < -0.39 is 0 Å². The molecule has 65 valence electrons. The molecule has 1 saturated heterocycles. The van der Waals surface area contributed by atoms with Gasteiger partial charge in [-0.15, -0.1) is 0 Å². The van der Waals surface area contributed by atoms with Crippen LogP contribution in [0.2, 0.25) is 0 Å². The van der Waals surface area contributed by atoms with Crippen LogP contribution in [0.15, 0.2) is 0 Å². The van der Waals surface area contributed by atoms with Crippen molar-refractivity contribution in [2.24, 2.45) is 5.92 Å². The van der Waals surface area contributed by atoms with Crippen molar-refractivity contribution < 1.29 is 9.84 Å². The average molecular weight is 158 g/mol. The number of ether oxygens (including phenoxy) is 1. The summed E-state index contributed by atoms with van der Waals surface area (Å²) in [5.74, 6) is 0.635. The first-order valence-corrected chi connectivity index (χ1v) is 4.30. The van der Waals surface area contributed by atoms with Crippen molar-refractivity contribution >= 4 is 0 Å². The molecule has 1 atom stereocenters. The average Bonchev–Trinajstić information content (AvgIpc) is 2.07. The molecule has 1 fully saturated rings. The molecule has 1 unspecified atom stereocenters. The Morgan fingerprint density at radius 2 is 2.45 bits per heavy atom. The van der Waals surface area contributed by atoms with Gasteiger partial charge in [-0.05, 0) is 18.8 Å². The first kappa shape index (κ1) is 8.97. The minimum Gasteiger partial charge on any atom is -0.381 e. The summed E-state index contributed by atoms with van der Waals surface area (Å²) in [7, 11) is 0. The van der Waals surface area contributed by atoms with E-state index in [2.05, 4.69) is 5.32 Å². The molecule has 0 aromatic carbocycles.